The van der Waals surface area contributed by atoms with Gasteiger partial charge in [-0.05, 0) is 43.0 Å². The van der Waals surface area contributed by atoms with Crippen molar-refractivity contribution in [3.63, 3.8) is 0 Å². The first-order valence-corrected chi connectivity index (χ1v) is 7.01. The number of rotatable bonds is 4. The maximum absolute atomic E-state index is 12.8. The second-order valence-corrected chi connectivity index (χ2v) is 5.09. The van der Waals surface area contributed by atoms with Crippen molar-refractivity contribution >= 4 is 11.7 Å². The Kier molecular flexibility index (Phi) is 5.59. The number of carbonyl (C=O) groups excluding carboxylic acids is 1. The highest BCUT2D eigenvalue weighted by molar-refractivity contribution is 5.89. The van der Waals surface area contributed by atoms with Crippen LogP contribution in [-0.2, 0) is 4.74 Å². The Labute approximate surface area is 124 Å². The standard InChI is InChI=1S/C16H19FN2O2/c1-2-11-21-12-13-7-9-19(10-8-13)16(20)18-15-5-3-14(17)4-6-15/h1,3-6,13H,7-12H2,(H,18,20). The van der Waals surface area contributed by atoms with Gasteiger partial charge in [0.2, 0.25) is 0 Å². The number of ether oxygens (including phenoxy) is 1. The van der Waals surface area contributed by atoms with Crippen LogP contribution in [0.1, 0.15) is 12.8 Å². The normalized spacial score (nSPS) is 15.5. The Morgan fingerprint density at radius 1 is 1.38 bits per heavy atom. The van der Waals surface area contributed by atoms with Crippen molar-refractivity contribution in [3.05, 3.63) is 30.1 Å². The third-order valence-electron chi connectivity index (χ3n) is 3.54. The van der Waals surface area contributed by atoms with Gasteiger partial charge >= 0.3 is 6.03 Å². The first-order valence-electron chi connectivity index (χ1n) is 7.01. The molecular formula is C16H19FN2O2. The monoisotopic (exact) mass is 290 g/mol. The number of hydrogen-bond donors (Lipinski definition) is 1. The number of urea groups is 1. The molecule has 5 heteroatoms. The van der Waals surface area contributed by atoms with Crippen molar-refractivity contribution < 1.29 is 13.9 Å². The number of halogens is 1. The van der Waals surface area contributed by atoms with Crippen LogP contribution in [0.5, 0.6) is 0 Å². The third-order valence-corrected chi connectivity index (χ3v) is 3.54. The quantitative estimate of drug-likeness (QED) is 0.684. The van der Waals surface area contributed by atoms with E-state index in [0.29, 0.717) is 37.9 Å². The molecule has 0 spiro atoms. The van der Waals surface area contributed by atoms with Gasteiger partial charge in [-0.1, -0.05) is 5.92 Å². The summed E-state index contributed by atoms with van der Waals surface area (Å²) >= 11 is 0. The van der Waals surface area contributed by atoms with Crippen LogP contribution in [0.2, 0.25) is 0 Å². The van der Waals surface area contributed by atoms with Crippen LogP contribution in [0.4, 0.5) is 14.9 Å². The Bertz CT molecular complexity index is 502. The molecule has 1 aromatic carbocycles. The lowest BCUT2D eigenvalue weighted by Crippen LogP contribution is -2.41. The molecule has 1 aliphatic heterocycles. The molecule has 112 valence electrons. The van der Waals surface area contributed by atoms with Crippen LogP contribution in [0, 0.1) is 24.1 Å². The Morgan fingerprint density at radius 3 is 2.67 bits per heavy atom. The molecule has 0 radical (unpaired) electrons. The van der Waals surface area contributed by atoms with E-state index in [0.717, 1.165) is 12.8 Å². The topological polar surface area (TPSA) is 41.6 Å². The number of nitrogens with one attached hydrogen (secondary N) is 1. The van der Waals surface area contributed by atoms with Crippen LogP contribution >= 0.6 is 0 Å². The fourth-order valence-electron chi connectivity index (χ4n) is 2.32. The molecule has 1 aliphatic rings. The largest absolute Gasteiger partial charge is 0.369 e. The van der Waals surface area contributed by atoms with Gasteiger partial charge in [0, 0.05) is 18.8 Å². The second-order valence-electron chi connectivity index (χ2n) is 5.09. The maximum Gasteiger partial charge on any atom is 0.321 e. The van der Waals surface area contributed by atoms with Gasteiger partial charge in [0.25, 0.3) is 0 Å². The van der Waals surface area contributed by atoms with E-state index in [1.807, 2.05) is 0 Å². The number of benzene rings is 1. The van der Waals surface area contributed by atoms with Crippen LogP contribution in [0.15, 0.2) is 24.3 Å². The smallest absolute Gasteiger partial charge is 0.321 e. The van der Waals surface area contributed by atoms with Gasteiger partial charge in [0.15, 0.2) is 0 Å². The fourth-order valence-corrected chi connectivity index (χ4v) is 2.32. The average molecular weight is 290 g/mol. The average Bonchev–Trinajstić information content (AvgIpc) is 2.50. The zero-order valence-electron chi connectivity index (χ0n) is 11.8. The highest BCUT2D eigenvalue weighted by Gasteiger charge is 2.22. The van der Waals surface area contributed by atoms with Crippen molar-refractivity contribution in [1.29, 1.82) is 0 Å². The van der Waals surface area contributed by atoms with Gasteiger partial charge in [0.1, 0.15) is 12.4 Å². The summed E-state index contributed by atoms with van der Waals surface area (Å²) in [5, 5.41) is 2.77. The predicted molar refractivity (Wildman–Crippen MR) is 79.4 cm³/mol. The van der Waals surface area contributed by atoms with Crippen LogP contribution in [0.3, 0.4) is 0 Å². The van der Waals surface area contributed by atoms with Gasteiger partial charge in [0.05, 0.1) is 6.61 Å². The van der Waals surface area contributed by atoms with E-state index in [1.165, 1.54) is 12.1 Å². The van der Waals surface area contributed by atoms with Crippen molar-refractivity contribution in [2.45, 2.75) is 12.8 Å². The fraction of sp³-hybridized carbons (Fsp3) is 0.438. The molecule has 0 unspecified atom stereocenters. The molecule has 21 heavy (non-hydrogen) atoms. The highest BCUT2D eigenvalue weighted by atomic mass is 19.1. The number of nitrogens with zero attached hydrogens (tertiary/aromatic N) is 1. The molecule has 0 atom stereocenters. The number of anilines is 1. The number of terminal acetylenes is 1. The van der Waals surface area contributed by atoms with E-state index < -0.39 is 0 Å². The molecule has 0 saturated carbocycles. The summed E-state index contributed by atoms with van der Waals surface area (Å²) in [4.78, 5) is 13.8. The summed E-state index contributed by atoms with van der Waals surface area (Å²) < 4.78 is 18.1. The van der Waals surface area contributed by atoms with Crippen molar-refractivity contribution in [2.24, 2.45) is 5.92 Å². The minimum atomic E-state index is -0.319. The maximum atomic E-state index is 12.8. The SMILES string of the molecule is C#CCOCC1CCN(C(=O)Nc2ccc(F)cc2)CC1. The summed E-state index contributed by atoms with van der Waals surface area (Å²) in [7, 11) is 0. The Balaban J connectivity index is 1.75. The number of carbonyl (C=O) groups is 1. The van der Waals surface area contributed by atoms with Crippen molar-refractivity contribution in [2.75, 3.05) is 31.6 Å². The number of piperidine rings is 1. The number of hydrogen-bond acceptors (Lipinski definition) is 2. The molecule has 2 amide bonds. The van der Waals surface area contributed by atoms with E-state index in [4.69, 9.17) is 11.2 Å². The van der Waals surface area contributed by atoms with Crippen LogP contribution in [0.25, 0.3) is 0 Å². The van der Waals surface area contributed by atoms with Crippen molar-refractivity contribution in [1.82, 2.24) is 4.90 Å². The molecule has 0 aromatic heterocycles. The molecule has 2 rings (SSSR count). The summed E-state index contributed by atoms with van der Waals surface area (Å²) in [5.74, 6) is 2.58. The molecule has 1 fully saturated rings. The molecule has 1 saturated heterocycles. The highest BCUT2D eigenvalue weighted by Crippen LogP contribution is 2.18. The molecular weight excluding hydrogens is 271 g/mol. The van der Waals surface area contributed by atoms with Gasteiger partial charge in [-0.2, -0.15) is 0 Å². The lowest BCUT2D eigenvalue weighted by molar-refractivity contribution is 0.0932. The van der Waals surface area contributed by atoms with E-state index in [1.54, 1.807) is 17.0 Å². The second kappa shape index (κ2) is 7.65. The lowest BCUT2D eigenvalue weighted by Gasteiger charge is -2.31. The molecule has 1 aromatic rings. The zero-order valence-corrected chi connectivity index (χ0v) is 11.8. The van der Waals surface area contributed by atoms with Gasteiger partial charge in [-0.15, -0.1) is 6.42 Å². The summed E-state index contributed by atoms with van der Waals surface area (Å²) in [5.41, 5.74) is 0.598. The molecule has 1 N–H and O–H groups in total. The summed E-state index contributed by atoms with van der Waals surface area (Å²) in [6, 6.07) is 5.60. The third kappa shape index (κ3) is 4.76. The molecule has 0 aliphatic carbocycles. The molecule has 1 heterocycles. The molecule has 4 nitrogen and oxygen atoms in total. The van der Waals surface area contributed by atoms with E-state index in [2.05, 4.69) is 11.2 Å². The number of likely N-dealkylation sites (tertiary alicyclic amines) is 1. The van der Waals surface area contributed by atoms with Crippen LogP contribution < -0.4 is 5.32 Å². The van der Waals surface area contributed by atoms with E-state index in [9.17, 15) is 9.18 Å². The predicted octanol–water partition coefficient (Wildman–Crippen LogP) is 2.72. The first-order chi connectivity index (χ1) is 10.2. The van der Waals surface area contributed by atoms with Crippen molar-refractivity contribution in [3.8, 4) is 12.3 Å². The lowest BCUT2D eigenvalue weighted by atomic mass is 9.98. The van der Waals surface area contributed by atoms with Gasteiger partial charge < -0.3 is 15.0 Å². The minimum Gasteiger partial charge on any atom is -0.369 e. The summed E-state index contributed by atoms with van der Waals surface area (Å²) in [6.07, 6.45) is 6.94. The van der Waals surface area contributed by atoms with Gasteiger partial charge in [-0.25, -0.2) is 9.18 Å². The first kappa shape index (κ1) is 15.3. The minimum absolute atomic E-state index is 0.149. The Hall–Kier alpha value is -2.06. The van der Waals surface area contributed by atoms with E-state index in [-0.39, 0.29) is 11.8 Å². The van der Waals surface area contributed by atoms with E-state index >= 15 is 0 Å². The number of amides is 2. The van der Waals surface area contributed by atoms with Gasteiger partial charge in [-0.3, -0.25) is 0 Å². The Morgan fingerprint density at radius 2 is 2.05 bits per heavy atom. The zero-order chi connectivity index (χ0) is 15.1. The molecule has 0 bridgehead atoms. The van der Waals surface area contributed by atoms with Crippen LogP contribution in [-0.4, -0.2) is 37.2 Å². The summed E-state index contributed by atoms with van der Waals surface area (Å²) in [6.45, 7) is 2.37.